The van der Waals surface area contributed by atoms with Crippen LogP contribution in [0.3, 0.4) is 0 Å². The van der Waals surface area contributed by atoms with Crippen molar-refractivity contribution in [3.05, 3.63) is 34.3 Å². The SMILES string of the molecule is CC(C)CCNC1CC(c2cccc(Br)c2)C1. The van der Waals surface area contributed by atoms with Gasteiger partial charge in [-0.3, -0.25) is 0 Å². The van der Waals surface area contributed by atoms with E-state index in [1.54, 1.807) is 0 Å². The predicted octanol–water partition coefficient (Wildman–Crippen LogP) is 4.33. The normalized spacial score (nSPS) is 23.8. The van der Waals surface area contributed by atoms with Gasteiger partial charge >= 0.3 is 0 Å². The van der Waals surface area contributed by atoms with Crippen molar-refractivity contribution < 1.29 is 0 Å². The first-order chi connectivity index (χ1) is 8.15. The van der Waals surface area contributed by atoms with E-state index in [2.05, 4.69) is 59.4 Å². The molecule has 0 heterocycles. The summed E-state index contributed by atoms with van der Waals surface area (Å²) in [6.07, 6.45) is 3.89. The Hall–Kier alpha value is -0.340. The predicted molar refractivity (Wildman–Crippen MR) is 77.4 cm³/mol. The van der Waals surface area contributed by atoms with Gasteiger partial charge in [0.2, 0.25) is 0 Å². The van der Waals surface area contributed by atoms with Crippen molar-refractivity contribution in [3.8, 4) is 0 Å². The van der Waals surface area contributed by atoms with Crippen LogP contribution in [-0.2, 0) is 0 Å². The molecule has 0 amide bonds. The van der Waals surface area contributed by atoms with E-state index in [0.717, 1.165) is 17.9 Å². The van der Waals surface area contributed by atoms with Crippen molar-refractivity contribution in [1.29, 1.82) is 0 Å². The minimum absolute atomic E-state index is 0.748. The lowest BCUT2D eigenvalue weighted by molar-refractivity contribution is 0.286. The Morgan fingerprint density at radius 2 is 2.12 bits per heavy atom. The molecule has 0 aliphatic heterocycles. The van der Waals surface area contributed by atoms with Crippen molar-refractivity contribution in [2.75, 3.05) is 6.54 Å². The number of nitrogens with one attached hydrogen (secondary N) is 1. The Bertz CT molecular complexity index is 356. The van der Waals surface area contributed by atoms with Gasteiger partial charge in [0.25, 0.3) is 0 Å². The van der Waals surface area contributed by atoms with Crippen LogP contribution in [0, 0.1) is 5.92 Å². The highest BCUT2D eigenvalue weighted by Crippen LogP contribution is 2.37. The van der Waals surface area contributed by atoms with E-state index in [4.69, 9.17) is 0 Å². The average Bonchev–Trinajstić information content (AvgIpc) is 2.21. The van der Waals surface area contributed by atoms with Gasteiger partial charge in [-0.1, -0.05) is 41.9 Å². The molecule has 0 spiro atoms. The van der Waals surface area contributed by atoms with E-state index in [1.165, 1.54) is 35.8 Å². The molecule has 1 aromatic carbocycles. The zero-order valence-electron chi connectivity index (χ0n) is 10.7. The van der Waals surface area contributed by atoms with Crippen LogP contribution in [0.2, 0.25) is 0 Å². The second-order valence-corrected chi connectivity index (χ2v) is 6.47. The molecule has 1 saturated carbocycles. The van der Waals surface area contributed by atoms with Gasteiger partial charge in [-0.05, 0) is 55.3 Å². The summed E-state index contributed by atoms with van der Waals surface area (Å²) in [5, 5.41) is 3.65. The zero-order valence-corrected chi connectivity index (χ0v) is 12.3. The highest BCUT2D eigenvalue weighted by Gasteiger charge is 2.29. The van der Waals surface area contributed by atoms with E-state index in [0.29, 0.717) is 0 Å². The molecule has 0 radical (unpaired) electrons. The number of benzene rings is 1. The Morgan fingerprint density at radius 1 is 1.35 bits per heavy atom. The fourth-order valence-electron chi connectivity index (χ4n) is 2.39. The molecule has 0 saturated heterocycles. The maximum Gasteiger partial charge on any atom is 0.0178 e. The van der Waals surface area contributed by atoms with Crippen molar-refractivity contribution in [2.24, 2.45) is 5.92 Å². The first-order valence-electron chi connectivity index (χ1n) is 6.64. The van der Waals surface area contributed by atoms with Gasteiger partial charge in [-0.15, -0.1) is 0 Å². The molecule has 0 unspecified atom stereocenters. The van der Waals surface area contributed by atoms with E-state index >= 15 is 0 Å². The van der Waals surface area contributed by atoms with Crippen LogP contribution >= 0.6 is 15.9 Å². The molecule has 0 aromatic heterocycles. The molecule has 1 nitrogen and oxygen atoms in total. The maximum atomic E-state index is 3.65. The maximum absolute atomic E-state index is 3.65. The summed E-state index contributed by atoms with van der Waals surface area (Å²) >= 11 is 3.54. The summed E-state index contributed by atoms with van der Waals surface area (Å²) in [7, 11) is 0. The second-order valence-electron chi connectivity index (χ2n) is 5.56. The monoisotopic (exact) mass is 295 g/mol. The second kappa shape index (κ2) is 6.01. The minimum atomic E-state index is 0.748. The largest absolute Gasteiger partial charge is 0.314 e. The Morgan fingerprint density at radius 3 is 2.76 bits per heavy atom. The van der Waals surface area contributed by atoms with E-state index < -0.39 is 0 Å². The van der Waals surface area contributed by atoms with Crippen LogP contribution in [0.5, 0.6) is 0 Å². The molecule has 0 atom stereocenters. The quantitative estimate of drug-likeness (QED) is 0.852. The van der Waals surface area contributed by atoms with Crippen LogP contribution in [0.25, 0.3) is 0 Å². The molecule has 1 fully saturated rings. The number of hydrogen-bond acceptors (Lipinski definition) is 1. The van der Waals surface area contributed by atoms with Crippen molar-refractivity contribution in [2.45, 2.75) is 45.1 Å². The lowest BCUT2D eigenvalue weighted by atomic mass is 9.76. The summed E-state index contributed by atoms with van der Waals surface area (Å²) in [5.74, 6) is 1.58. The van der Waals surface area contributed by atoms with E-state index in [-0.39, 0.29) is 0 Å². The summed E-state index contributed by atoms with van der Waals surface area (Å²) in [6.45, 7) is 5.74. The molecule has 2 heteroatoms. The number of rotatable bonds is 5. The molecule has 1 N–H and O–H groups in total. The summed E-state index contributed by atoms with van der Waals surface area (Å²) < 4.78 is 1.20. The Balaban J connectivity index is 1.72. The van der Waals surface area contributed by atoms with Gasteiger partial charge in [0.1, 0.15) is 0 Å². The Kier molecular flexibility index (Phi) is 4.63. The van der Waals surface area contributed by atoms with E-state index in [9.17, 15) is 0 Å². The molecule has 2 rings (SSSR count). The lowest BCUT2D eigenvalue weighted by Crippen LogP contribution is -2.40. The zero-order chi connectivity index (χ0) is 12.3. The average molecular weight is 296 g/mol. The van der Waals surface area contributed by atoms with Crippen LogP contribution in [-0.4, -0.2) is 12.6 Å². The van der Waals surface area contributed by atoms with Gasteiger partial charge in [0, 0.05) is 10.5 Å². The smallest absolute Gasteiger partial charge is 0.0178 e. The molecular formula is C15H22BrN. The van der Waals surface area contributed by atoms with Crippen molar-refractivity contribution >= 4 is 15.9 Å². The lowest BCUT2D eigenvalue weighted by Gasteiger charge is -2.36. The first-order valence-corrected chi connectivity index (χ1v) is 7.43. The fourth-order valence-corrected chi connectivity index (χ4v) is 2.81. The molecule has 94 valence electrons. The number of hydrogen-bond donors (Lipinski definition) is 1. The third-order valence-electron chi connectivity index (χ3n) is 3.61. The first kappa shape index (κ1) is 13.1. The van der Waals surface area contributed by atoms with E-state index in [1.807, 2.05) is 0 Å². The minimum Gasteiger partial charge on any atom is -0.314 e. The van der Waals surface area contributed by atoms with Crippen LogP contribution in [0.15, 0.2) is 28.7 Å². The van der Waals surface area contributed by atoms with Gasteiger partial charge < -0.3 is 5.32 Å². The van der Waals surface area contributed by atoms with Crippen LogP contribution in [0.1, 0.15) is 44.6 Å². The van der Waals surface area contributed by atoms with Gasteiger partial charge in [-0.25, -0.2) is 0 Å². The third-order valence-corrected chi connectivity index (χ3v) is 4.11. The Labute approximate surface area is 113 Å². The summed E-state index contributed by atoms with van der Waals surface area (Å²) in [5.41, 5.74) is 1.49. The van der Waals surface area contributed by atoms with Crippen molar-refractivity contribution in [3.63, 3.8) is 0 Å². The van der Waals surface area contributed by atoms with Crippen LogP contribution in [0.4, 0.5) is 0 Å². The molecular weight excluding hydrogens is 274 g/mol. The van der Waals surface area contributed by atoms with Gasteiger partial charge in [0.05, 0.1) is 0 Å². The van der Waals surface area contributed by atoms with Gasteiger partial charge in [-0.2, -0.15) is 0 Å². The van der Waals surface area contributed by atoms with Crippen molar-refractivity contribution in [1.82, 2.24) is 5.32 Å². The molecule has 1 aliphatic carbocycles. The summed E-state index contributed by atoms with van der Waals surface area (Å²) in [6, 6.07) is 9.49. The fraction of sp³-hybridized carbons (Fsp3) is 0.600. The topological polar surface area (TPSA) is 12.0 Å². The van der Waals surface area contributed by atoms with Crippen LogP contribution < -0.4 is 5.32 Å². The standard InChI is InChI=1S/C15H22BrN/c1-11(2)6-7-17-15-9-13(10-15)12-4-3-5-14(16)8-12/h3-5,8,11,13,15,17H,6-7,9-10H2,1-2H3. The molecule has 17 heavy (non-hydrogen) atoms. The molecule has 1 aliphatic rings. The highest BCUT2D eigenvalue weighted by atomic mass is 79.9. The summed E-state index contributed by atoms with van der Waals surface area (Å²) in [4.78, 5) is 0. The highest BCUT2D eigenvalue weighted by molar-refractivity contribution is 9.10. The molecule has 0 bridgehead atoms. The number of halogens is 1. The molecule has 1 aromatic rings. The van der Waals surface area contributed by atoms with Gasteiger partial charge in [0.15, 0.2) is 0 Å². The third kappa shape index (κ3) is 3.82.